The number of hydrogen-bond acceptors (Lipinski definition) is 6. The largest absolute Gasteiger partial charge is 0.497 e. The average molecular weight is 498 g/mol. The Labute approximate surface area is 207 Å². The number of aromatic nitrogens is 3. The molecular formula is C26H28FN3O2S2. The molecule has 0 aliphatic carbocycles. The lowest BCUT2D eigenvalue weighted by Gasteiger charge is -2.12. The van der Waals surface area contributed by atoms with Gasteiger partial charge in [-0.25, -0.2) is 9.37 Å². The number of rotatable bonds is 12. The van der Waals surface area contributed by atoms with Crippen LogP contribution in [0.2, 0.25) is 0 Å². The first kappa shape index (κ1) is 24.4. The highest BCUT2D eigenvalue weighted by molar-refractivity contribution is 7.99. The van der Waals surface area contributed by atoms with Gasteiger partial charge in [0.15, 0.2) is 10.9 Å². The highest BCUT2D eigenvalue weighted by Gasteiger charge is 2.13. The number of ether oxygens (including phenoxy) is 2. The van der Waals surface area contributed by atoms with Gasteiger partial charge >= 0.3 is 0 Å². The van der Waals surface area contributed by atoms with Crippen LogP contribution in [-0.4, -0.2) is 34.9 Å². The minimum atomic E-state index is -0.178. The van der Waals surface area contributed by atoms with Gasteiger partial charge in [0.1, 0.15) is 11.6 Å². The standard InChI is InChI=1S/C26H28FN3O2S2/c1-31-20-11-12-21-22(16-20)30-26(29-21)34-17-23-25(32-2)24(13-14-28-23)33-15-5-3-4-6-18-7-9-19(27)10-8-18/h7-14,16H,3-6,15,17H2,1-2H3,(H,29,30). The minimum Gasteiger partial charge on any atom is -0.497 e. The summed E-state index contributed by atoms with van der Waals surface area (Å²) in [5.41, 5.74) is 3.96. The molecule has 0 unspecified atom stereocenters. The van der Waals surface area contributed by atoms with Crippen LogP contribution >= 0.6 is 23.5 Å². The fourth-order valence-electron chi connectivity index (χ4n) is 3.64. The number of unbranched alkanes of at least 4 members (excludes halogenated alkanes) is 2. The third kappa shape index (κ3) is 6.45. The Kier molecular flexibility index (Phi) is 8.71. The van der Waals surface area contributed by atoms with Crippen molar-refractivity contribution in [1.82, 2.24) is 15.0 Å². The summed E-state index contributed by atoms with van der Waals surface area (Å²) in [4.78, 5) is 13.7. The second kappa shape index (κ2) is 12.1. The number of aryl methyl sites for hydroxylation is 1. The van der Waals surface area contributed by atoms with E-state index in [0.717, 1.165) is 69.7 Å². The maximum atomic E-state index is 13.0. The van der Waals surface area contributed by atoms with Crippen LogP contribution in [0.3, 0.4) is 0 Å². The van der Waals surface area contributed by atoms with Gasteiger partial charge in [0.2, 0.25) is 0 Å². The molecule has 0 saturated carbocycles. The first-order chi connectivity index (χ1) is 16.7. The highest BCUT2D eigenvalue weighted by atomic mass is 32.2. The van der Waals surface area contributed by atoms with Crippen molar-refractivity contribution in [1.29, 1.82) is 0 Å². The number of H-pyrrole nitrogens is 1. The van der Waals surface area contributed by atoms with E-state index in [9.17, 15) is 4.39 Å². The Bertz CT molecular complexity index is 1210. The molecule has 2 aromatic carbocycles. The number of aromatic amines is 1. The number of pyridine rings is 1. The van der Waals surface area contributed by atoms with Crippen LogP contribution < -0.4 is 9.47 Å². The Morgan fingerprint density at radius 1 is 0.941 bits per heavy atom. The number of nitrogens with one attached hydrogen (secondary N) is 1. The lowest BCUT2D eigenvalue weighted by Crippen LogP contribution is -1.97. The third-order valence-corrected chi connectivity index (χ3v) is 7.45. The van der Waals surface area contributed by atoms with Crippen LogP contribution in [0.25, 0.3) is 11.0 Å². The molecule has 0 aliphatic rings. The number of methoxy groups -OCH3 is 2. The molecule has 4 rings (SSSR count). The van der Waals surface area contributed by atoms with Gasteiger partial charge in [-0.1, -0.05) is 30.3 Å². The molecule has 0 amide bonds. The molecule has 34 heavy (non-hydrogen) atoms. The van der Waals surface area contributed by atoms with E-state index < -0.39 is 0 Å². The maximum Gasteiger partial charge on any atom is 0.166 e. The molecule has 4 aromatic rings. The summed E-state index contributed by atoms with van der Waals surface area (Å²) in [7, 11) is 3.35. The van der Waals surface area contributed by atoms with Crippen molar-refractivity contribution in [2.75, 3.05) is 20.0 Å². The molecule has 1 N–H and O–H groups in total. The normalized spacial score (nSPS) is 11.1. The molecule has 0 aliphatic heterocycles. The van der Waals surface area contributed by atoms with Gasteiger partial charge in [-0.2, -0.15) is 0 Å². The smallest absolute Gasteiger partial charge is 0.166 e. The summed E-state index contributed by atoms with van der Waals surface area (Å²) < 4.78 is 24.0. The zero-order chi connectivity index (χ0) is 23.8. The number of halogens is 1. The SMILES string of the molecule is COc1ccc2[nH]c(SCc3nccc(SCCCCCc4ccc(F)cc4)c3OC)nc2c1. The first-order valence-corrected chi connectivity index (χ1v) is 13.2. The Balaban J connectivity index is 1.28. The zero-order valence-corrected chi connectivity index (χ0v) is 21.0. The topological polar surface area (TPSA) is 60.0 Å². The number of thioether (sulfide) groups is 2. The van der Waals surface area contributed by atoms with Crippen LogP contribution in [0.4, 0.5) is 4.39 Å². The van der Waals surface area contributed by atoms with E-state index in [0.29, 0.717) is 5.75 Å². The Morgan fingerprint density at radius 2 is 1.79 bits per heavy atom. The van der Waals surface area contributed by atoms with Gasteiger partial charge in [-0.3, -0.25) is 4.98 Å². The van der Waals surface area contributed by atoms with Crippen LogP contribution in [0, 0.1) is 5.82 Å². The molecule has 0 radical (unpaired) electrons. The van der Waals surface area contributed by atoms with E-state index in [-0.39, 0.29) is 5.82 Å². The highest BCUT2D eigenvalue weighted by Crippen LogP contribution is 2.35. The van der Waals surface area contributed by atoms with Gasteiger partial charge in [0, 0.05) is 18.0 Å². The van der Waals surface area contributed by atoms with Crippen molar-refractivity contribution in [3.63, 3.8) is 0 Å². The van der Waals surface area contributed by atoms with E-state index in [4.69, 9.17) is 9.47 Å². The van der Waals surface area contributed by atoms with E-state index in [1.54, 1.807) is 37.7 Å². The third-order valence-electron chi connectivity index (χ3n) is 5.44. The molecule has 8 heteroatoms. The predicted octanol–water partition coefficient (Wildman–Crippen LogP) is 6.91. The lowest BCUT2D eigenvalue weighted by molar-refractivity contribution is 0.398. The van der Waals surface area contributed by atoms with Crippen LogP contribution in [0.1, 0.15) is 30.5 Å². The molecule has 0 saturated heterocycles. The molecule has 0 fully saturated rings. The van der Waals surface area contributed by atoms with Crippen molar-refractivity contribution in [2.24, 2.45) is 0 Å². The minimum absolute atomic E-state index is 0.178. The van der Waals surface area contributed by atoms with Gasteiger partial charge in [0.05, 0.1) is 35.8 Å². The molecule has 0 spiro atoms. The van der Waals surface area contributed by atoms with Gasteiger partial charge in [0.25, 0.3) is 0 Å². The molecule has 0 atom stereocenters. The quantitative estimate of drug-likeness (QED) is 0.169. The van der Waals surface area contributed by atoms with Crippen molar-refractivity contribution >= 4 is 34.6 Å². The lowest BCUT2D eigenvalue weighted by atomic mass is 10.1. The summed E-state index contributed by atoms with van der Waals surface area (Å²) >= 11 is 3.40. The molecule has 0 bridgehead atoms. The number of nitrogens with zero attached hydrogens (tertiary/aromatic N) is 2. The fourth-order valence-corrected chi connectivity index (χ4v) is 5.52. The molecular weight excluding hydrogens is 469 g/mol. The van der Waals surface area contributed by atoms with E-state index in [1.165, 1.54) is 17.7 Å². The zero-order valence-electron chi connectivity index (χ0n) is 19.3. The van der Waals surface area contributed by atoms with Gasteiger partial charge in [-0.05, 0) is 60.9 Å². The number of benzene rings is 2. The summed E-state index contributed by atoms with van der Waals surface area (Å²) in [5, 5.41) is 0.839. The number of fused-ring (bicyclic) bond motifs is 1. The molecule has 5 nitrogen and oxygen atoms in total. The summed E-state index contributed by atoms with van der Waals surface area (Å²) in [5.74, 6) is 3.12. The Hall–Kier alpha value is -2.71. The van der Waals surface area contributed by atoms with Crippen LogP contribution in [0.5, 0.6) is 11.5 Å². The second-order valence-electron chi connectivity index (χ2n) is 7.79. The number of hydrogen-bond donors (Lipinski definition) is 1. The van der Waals surface area contributed by atoms with Crippen molar-refractivity contribution in [2.45, 2.75) is 41.5 Å². The number of imidazole rings is 1. The van der Waals surface area contributed by atoms with Gasteiger partial charge < -0.3 is 14.5 Å². The van der Waals surface area contributed by atoms with Crippen molar-refractivity contribution < 1.29 is 13.9 Å². The van der Waals surface area contributed by atoms with Crippen molar-refractivity contribution in [3.05, 3.63) is 71.8 Å². The fraction of sp³-hybridized carbons (Fsp3) is 0.308. The molecule has 2 aromatic heterocycles. The monoisotopic (exact) mass is 497 g/mol. The van der Waals surface area contributed by atoms with Crippen LogP contribution in [0.15, 0.2) is 64.8 Å². The van der Waals surface area contributed by atoms with Gasteiger partial charge in [-0.15, -0.1) is 11.8 Å². The summed E-state index contributed by atoms with van der Waals surface area (Å²) in [6.07, 6.45) is 6.18. The van der Waals surface area contributed by atoms with E-state index in [1.807, 2.05) is 42.6 Å². The van der Waals surface area contributed by atoms with Crippen LogP contribution in [-0.2, 0) is 12.2 Å². The van der Waals surface area contributed by atoms with E-state index >= 15 is 0 Å². The molecule has 178 valence electrons. The average Bonchev–Trinajstić information content (AvgIpc) is 3.28. The maximum absolute atomic E-state index is 13.0. The Morgan fingerprint density at radius 3 is 2.59 bits per heavy atom. The summed E-state index contributed by atoms with van der Waals surface area (Å²) in [6.45, 7) is 0. The first-order valence-electron chi connectivity index (χ1n) is 11.2. The molecule has 2 heterocycles. The van der Waals surface area contributed by atoms with Crippen molar-refractivity contribution in [3.8, 4) is 11.5 Å². The predicted molar refractivity (Wildman–Crippen MR) is 138 cm³/mol. The second-order valence-corrected chi connectivity index (χ2v) is 9.89. The van der Waals surface area contributed by atoms with E-state index in [2.05, 4.69) is 15.0 Å². The summed E-state index contributed by atoms with van der Waals surface area (Å²) in [6, 6.07) is 14.6.